The van der Waals surface area contributed by atoms with Gasteiger partial charge in [-0.05, 0) is 183 Å². The monoisotopic (exact) mass is 1350 g/mol. The number of hydrogen-bond donors (Lipinski definition) is 0. The van der Waals surface area contributed by atoms with Gasteiger partial charge in [-0.25, -0.2) is 0 Å². The molecule has 2 aromatic heterocycles. The van der Waals surface area contributed by atoms with Crippen LogP contribution in [0, 0.1) is 0 Å². The molecule has 0 radical (unpaired) electrons. The minimum atomic E-state index is -0.250. The highest BCUT2D eigenvalue weighted by molar-refractivity contribution is 6.34. The summed E-state index contributed by atoms with van der Waals surface area (Å²) in [6.45, 7) is 9.58. The highest BCUT2D eigenvalue weighted by Crippen LogP contribution is 2.58. The van der Waals surface area contributed by atoms with Gasteiger partial charge in [-0.2, -0.15) is 0 Å². The Hall–Kier alpha value is -13.3. The molecule has 0 saturated heterocycles. The minimum Gasteiger partial charge on any atom is -0.453 e. The van der Waals surface area contributed by atoms with E-state index in [2.05, 4.69) is 377 Å². The quantitative estimate of drug-likeness (QED) is 0.128. The van der Waals surface area contributed by atoms with Crippen LogP contribution in [-0.4, -0.2) is 0 Å². The molecule has 2 heterocycles. The number of anilines is 6. The van der Waals surface area contributed by atoms with Gasteiger partial charge in [0.1, 0.15) is 11.2 Å². The zero-order valence-electron chi connectivity index (χ0n) is 59.0. The Morgan fingerprint density at radius 3 is 1.00 bits per heavy atom. The lowest BCUT2D eigenvalue weighted by Gasteiger charge is -2.31. The molecule has 22 rings (SSSR count). The molecule has 106 heavy (non-hydrogen) atoms. The normalized spacial score (nSPS) is 13.4. The van der Waals surface area contributed by atoms with E-state index in [0.29, 0.717) is 0 Å². The fourth-order valence-electron chi connectivity index (χ4n) is 18.8. The SMILES string of the molecule is CC1(C)c2ccccc2-c2ccc(-c3cc(N(c4ccccc4)c4cccc5c4oc4c(-c6ccccc6)cc6ccccc6c45)c4ccc5c(-c6ccc7c(c6)C(C)(C)c6ccccc6-7)cc(N(c6ccccc6)c6cccc7c6oc6c(-c8ccccc8)cc8ccccc8c67)c6ccc3c4c56)cc21. The van der Waals surface area contributed by atoms with Crippen molar-refractivity contribution >= 4 is 132 Å². The fraction of sp³-hybridized carbons (Fsp3) is 0.0588. The first-order valence-electron chi connectivity index (χ1n) is 37.0. The summed E-state index contributed by atoms with van der Waals surface area (Å²) < 4.78 is 15.3. The standard InChI is InChI=1S/C102H68N2O2/c1-101(2)85-43-23-21-39-71(85)73-49-47-65(57-87(73)101)81-59-91(103(67-33-13-7-14-34-67)89-45-25-41-79-95-69-37-19-17-31-63(69)55-83(99(95)105-97(79)89)61-27-9-5-10-28-61)77-54-52-76-82(66-48-50-74-72-40-22-24-44-86(72)102(3,4)88(74)58-66)60-92(78-53-51-75(81)93(77)94(76)78)104(68-35-15-8-16-36-68)90-46-26-42-80-96-70-38-20-18-32-64(70)56-84(100(96)106-98(80)90)62-29-11-6-12-30-62/h5-60H,1-4H3. The van der Waals surface area contributed by atoms with E-state index in [1.165, 1.54) is 66.1 Å². The molecule has 0 spiro atoms. The van der Waals surface area contributed by atoms with Gasteiger partial charge in [0.2, 0.25) is 0 Å². The molecule has 0 bridgehead atoms. The molecule has 18 aromatic carbocycles. The van der Waals surface area contributed by atoms with Crippen LogP contribution in [0.5, 0.6) is 0 Å². The molecule has 498 valence electrons. The summed E-state index contributed by atoms with van der Waals surface area (Å²) in [7, 11) is 0. The van der Waals surface area contributed by atoms with Crippen molar-refractivity contribution in [1.82, 2.24) is 0 Å². The first-order chi connectivity index (χ1) is 52.1. The molecule has 0 N–H and O–H groups in total. The van der Waals surface area contributed by atoms with Crippen LogP contribution < -0.4 is 9.80 Å². The molecule has 4 heteroatoms. The smallest absolute Gasteiger partial charge is 0.159 e. The van der Waals surface area contributed by atoms with Gasteiger partial charge >= 0.3 is 0 Å². The number of benzene rings is 18. The molecule has 20 aromatic rings. The second-order valence-corrected chi connectivity index (χ2v) is 30.1. The van der Waals surface area contributed by atoms with Crippen LogP contribution in [-0.2, 0) is 10.8 Å². The lowest BCUT2D eigenvalue weighted by atomic mass is 9.80. The topological polar surface area (TPSA) is 32.8 Å². The summed E-state index contributed by atoms with van der Waals surface area (Å²) in [5, 5.41) is 15.8. The molecule has 0 fully saturated rings. The maximum absolute atomic E-state index is 7.65. The molecule has 4 nitrogen and oxygen atoms in total. The Morgan fingerprint density at radius 2 is 0.566 bits per heavy atom. The molecule has 0 unspecified atom stereocenters. The molecule has 0 saturated carbocycles. The zero-order chi connectivity index (χ0) is 70.3. The third-order valence-corrected chi connectivity index (χ3v) is 23.7. The average molecular weight is 1350 g/mol. The highest BCUT2D eigenvalue weighted by Gasteiger charge is 2.38. The van der Waals surface area contributed by atoms with Gasteiger partial charge in [-0.15, -0.1) is 0 Å². The van der Waals surface area contributed by atoms with Crippen molar-refractivity contribution in [1.29, 1.82) is 0 Å². The summed E-state index contributed by atoms with van der Waals surface area (Å²) in [5.41, 5.74) is 28.2. The molecular weight excluding hydrogens is 1290 g/mol. The third kappa shape index (κ3) is 8.64. The van der Waals surface area contributed by atoms with E-state index < -0.39 is 0 Å². The van der Waals surface area contributed by atoms with Crippen LogP contribution in [0.2, 0.25) is 0 Å². The lowest BCUT2D eigenvalue weighted by Crippen LogP contribution is -2.15. The maximum atomic E-state index is 7.65. The van der Waals surface area contributed by atoms with Gasteiger partial charge in [-0.3, -0.25) is 0 Å². The Labute approximate surface area is 613 Å². The molecular formula is C102H68N2O2. The summed E-state index contributed by atoms with van der Waals surface area (Å²) in [5.74, 6) is 0. The first kappa shape index (κ1) is 60.3. The summed E-state index contributed by atoms with van der Waals surface area (Å²) in [6.07, 6.45) is 0. The average Bonchev–Trinajstić information content (AvgIpc) is 0.851. The van der Waals surface area contributed by atoms with Gasteiger partial charge in [0.25, 0.3) is 0 Å². The number of fused-ring (bicyclic) bond motifs is 16. The van der Waals surface area contributed by atoms with E-state index >= 15 is 0 Å². The van der Waals surface area contributed by atoms with E-state index in [1.807, 2.05) is 0 Å². The van der Waals surface area contributed by atoms with E-state index in [4.69, 9.17) is 8.83 Å². The number of rotatable bonds is 10. The van der Waals surface area contributed by atoms with Crippen molar-refractivity contribution in [3.05, 3.63) is 362 Å². The minimum absolute atomic E-state index is 0.250. The number of nitrogens with zero attached hydrogens (tertiary/aromatic N) is 2. The fourth-order valence-corrected chi connectivity index (χ4v) is 18.8. The molecule has 0 atom stereocenters. The lowest BCUT2D eigenvalue weighted by molar-refractivity contribution is 0.660. The van der Waals surface area contributed by atoms with Gasteiger partial charge in [0, 0.05) is 76.4 Å². The predicted octanol–water partition coefficient (Wildman–Crippen LogP) is 28.9. The van der Waals surface area contributed by atoms with E-state index in [9.17, 15) is 0 Å². The number of hydrogen-bond acceptors (Lipinski definition) is 4. The Kier molecular flexibility index (Phi) is 12.9. The predicted molar refractivity (Wildman–Crippen MR) is 446 cm³/mol. The number of furan rings is 2. The van der Waals surface area contributed by atoms with Crippen LogP contribution in [0.25, 0.3) is 165 Å². The van der Waals surface area contributed by atoms with Crippen molar-refractivity contribution < 1.29 is 8.83 Å². The highest BCUT2D eigenvalue weighted by atomic mass is 16.3. The molecule has 0 amide bonds. The van der Waals surface area contributed by atoms with Crippen LogP contribution in [0.1, 0.15) is 49.9 Å². The molecule has 2 aliphatic carbocycles. The van der Waals surface area contributed by atoms with Crippen molar-refractivity contribution in [3.8, 4) is 66.8 Å². The van der Waals surface area contributed by atoms with Gasteiger partial charge in [-0.1, -0.05) is 295 Å². The van der Waals surface area contributed by atoms with Crippen molar-refractivity contribution in [3.63, 3.8) is 0 Å². The summed E-state index contributed by atoms with van der Waals surface area (Å²) in [4.78, 5) is 4.98. The van der Waals surface area contributed by atoms with E-state index in [-0.39, 0.29) is 10.8 Å². The number of para-hydroxylation sites is 4. The summed E-state index contributed by atoms with van der Waals surface area (Å²) >= 11 is 0. The van der Waals surface area contributed by atoms with Crippen LogP contribution >= 0.6 is 0 Å². The van der Waals surface area contributed by atoms with Crippen LogP contribution in [0.3, 0.4) is 0 Å². The van der Waals surface area contributed by atoms with Crippen molar-refractivity contribution in [2.75, 3.05) is 9.80 Å². The van der Waals surface area contributed by atoms with Crippen molar-refractivity contribution in [2.45, 2.75) is 38.5 Å². The largest absolute Gasteiger partial charge is 0.453 e. The zero-order valence-corrected chi connectivity index (χ0v) is 59.0. The first-order valence-corrected chi connectivity index (χ1v) is 37.0. The van der Waals surface area contributed by atoms with E-state index in [1.54, 1.807) is 0 Å². The van der Waals surface area contributed by atoms with Gasteiger partial charge in [0.15, 0.2) is 11.2 Å². The maximum Gasteiger partial charge on any atom is 0.159 e. The Balaban J connectivity index is 0.882. The van der Waals surface area contributed by atoms with Gasteiger partial charge < -0.3 is 18.6 Å². The second-order valence-electron chi connectivity index (χ2n) is 30.1. The van der Waals surface area contributed by atoms with Crippen molar-refractivity contribution in [2.24, 2.45) is 0 Å². The van der Waals surface area contributed by atoms with E-state index in [0.717, 1.165) is 155 Å². The molecule has 2 aliphatic rings. The van der Waals surface area contributed by atoms with Gasteiger partial charge in [0.05, 0.1) is 22.7 Å². The van der Waals surface area contributed by atoms with Crippen LogP contribution in [0.15, 0.2) is 349 Å². The Bertz CT molecular complexity index is 6640. The van der Waals surface area contributed by atoms with Crippen LogP contribution in [0.4, 0.5) is 34.1 Å². The third-order valence-electron chi connectivity index (χ3n) is 23.7. The molecule has 0 aliphatic heterocycles. The second kappa shape index (κ2) is 22.6. The summed E-state index contributed by atoms with van der Waals surface area (Å²) in [6, 6.07) is 126. The Morgan fingerprint density at radius 1 is 0.208 bits per heavy atom.